The monoisotopic (exact) mass is 291 g/mol. The third-order valence-corrected chi connectivity index (χ3v) is 3.90. The van der Waals surface area contributed by atoms with Crippen LogP contribution in [0, 0.1) is 0 Å². The number of hydrogen-bond acceptors (Lipinski definition) is 5. The molecular formula is C13H13N3O3S. The summed E-state index contributed by atoms with van der Waals surface area (Å²) in [4.78, 5) is 30.1. The number of carbonyl (C=O) groups excluding carboxylic acids is 2. The SMILES string of the molecule is O=C(Nc1nccs1)C1CCCN1C(=O)c1ccco1. The number of likely N-dealkylation sites (tertiary alicyclic amines) is 1. The van der Waals surface area contributed by atoms with Crippen molar-refractivity contribution in [2.24, 2.45) is 0 Å². The van der Waals surface area contributed by atoms with Crippen molar-refractivity contribution in [3.63, 3.8) is 0 Å². The van der Waals surface area contributed by atoms with Crippen molar-refractivity contribution in [2.45, 2.75) is 18.9 Å². The zero-order chi connectivity index (χ0) is 13.9. The van der Waals surface area contributed by atoms with E-state index in [1.54, 1.807) is 28.6 Å². The highest BCUT2D eigenvalue weighted by atomic mass is 32.1. The molecule has 1 N–H and O–H groups in total. The van der Waals surface area contributed by atoms with E-state index in [0.717, 1.165) is 6.42 Å². The summed E-state index contributed by atoms with van der Waals surface area (Å²) >= 11 is 1.35. The maximum absolute atomic E-state index is 12.3. The van der Waals surface area contributed by atoms with Crippen molar-refractivity contribution in [1.82, 2.24) is 9.88 Å². The van der Waals surface area contributed by atoms with Gasteiger partial charge in [0.15, 0.2) is 10.9 Å². The summed E-state index contributed by atoms with van der Waals surface area (Å²) in [6, 6.07) is 2.81. The largest absolute Gasteiger partial charge is 0.459 e. The van der Waals surface area contributed by atoms with Crippen LogP contribution in [0.4, 0.5) is 5.13 Å². The highest BCUT2D eigenvalue weighted by Gasteiger charge is 2.35. The van der Waals surface area contributed by atoms with Crippen molar-refractivity contribution >= 4 is 28.3 Å². The third-order valence-electron chi connectivity index (χ3n) is 3.21. The van der Waals surface area contributed by atoms with E-state index in [0.29, 0.717) is 18.1 Å². The van der Waals surface area contributed by atoms with Gasteiger partial charge in [0.25, 0.3) is 5.91 Å². The number of hydrogen-bond donors (Lipinski definition) is 1. The van der Waals surface area contributed by atoms with Crippen molar-refractivity contribution in [2.75, 3.05) is 11.9 Å². The molecule has 7 heteroatoms. The van der Waals surface area contributed by atoms with Gasteiger partial charge in [-0.1, -0.05) is 0 Å². The van der Waals surface area contributed by atoms with E-state index in [4.69, 9.17) is 4.42 Å². The number of carbonyl (C=O) groups is 2. The van der Waals surface area contributed by atoms with Crippen LogP contribution in [0.5, 0.6) is 0 Å². The summed E-state index contributed by atoms with van der Waals surface area (Å²) in [6.45, 7) is 0.565. The number of amides is 2. The molecule has 3 rings (SSSR count). The first-order valence-corrected chi connectivity index (χ1v) is 7.18. The van der Waals surface area contributed by atoms with E-state index in [9.17, 15) is 9.59 Å². The van der Waals surface area contributed by atoms with Gasteiger partial charge in [-0.2, -0.15) is 0 Å². The fraction of sp³-hybridized carbons (Fsp3) is 0.308. The third kappa shape index (κ3) is 2.44. The standard InChI is InChI=1S/C13H13N3O3S/c17-11(15-13-14-5-8-20-13)9-3-1-6-16(9)12(18)10-4-2-7-19-10/h2,4-5,7-9H,1,3,6H2,(H,14,15,17). The van der Waals surface area contributed by atoms with Crippen LogP contribution < -0.4 is 5.32 Å². The van der Waals surface area contributed by atoms with Crippen molar-refractivity contribution in [3.8, 4) is 0 Å². The molecule has 104 valence electrons. The highest BCUT2D eigenvalue weighted by molar-refractivity contribution is 7.13. The Labute approximate surface area is 119 Å². The highest BCUT2D eigenvalue weighted by Crippen LogP contribution is 2.22. The number of anilines is 1. The Morgan fingerprint density at radius 2 is 2.40 bits per heavy atom. The van der Waals surface area contributed by atoms with Gasteiger partial charge in [0.1, 0.15) is 6.04 Å². The van der Waals surface area contributed by atoms with Crippen LogP contribution in [0.25, 0.3) is 0 Å². The van der Waals surface area contributed by atoms with Crippen LogP contribution in [-0.2, 0) is 4.79 Å². The summed E-state index contributed by atoms with van der Waals surface area (Å²) in [7, 11) is 0. The lowest BCUT2D eigenvalue weighted by molar-refractivity contribution is -0.119. The minimum atomic E-state index is -0.462. The Kier molecular flexibility index (Phi) is 3.51. The van der Waals surface area contributed by atoms with Crippen LogP contribution in [0.1, 0.15) is 23.4 Å². The molecule has 6 nitrogen and oxygen atoms in total. The first kappa shape index (κ1) is 12.9. The topological polar surface area (TPSA) is 75.4 Å². The molecule has 0 spiro atoms. The molecule has 20 heavy (non-hydrogen) atoms. The van der Waals surface area contributed by atoms with Gasteiger partial charge in [0, 0.05) is 18.1 Å². The molecule has 0 aromatic carbocycles. The maximum Gasteiger partial charge on any atom is 0.290 e. The van der Waals surface area contributed by atoms with E-state index in [2.05, 4.69) is 10.3 Å². The van der Waals surface area contributed by atoms with Gasteiger partial charge in [0.05, 0.1) is 6.26 Å². The normalized spacial score (nSPS) is 18.2. The molecule has 0 aliphatic carbocycles. The number of rotatable bonds is 3. The van der Waals surface area contributed by atoms with Gasteiger partial charge in [-0.05, 0) is 25.0 Å². The molecule has 2 amide bonds. The lowest BCUT2D eigenvalue weighted by Gasteiger charge is -2.22. The first-order valence-electron chi connectivity index (χ1n) is 6.30. The van der Waals surface area contributed by atoms with Gasteiger partial charge in [-0.3, -0.25) is 9.59 Å². The van der Waals surface area contributed by atoms with Gasteiger partial charge in [0.2, 0.25) is 5.91 Å². The van der Waals surface area contributed by atoms with Crippen LogP contribution in [0.3, 0.4) is 0 Å². The molecule has 1 fully saturated rings. The van der Waals surface area contributed by atoms with E-state index in [1.165, 1.54) is 17.6 Å². The number of nitrogens with zero attached hydrogens (tertiary/aromatic N) is 2. The summed E-state index contributed by atoms with van der Waals surface area (Å²) in [6.07, 6.45) is 4.54. The lowest BCUT2D eigenvalue weighted by atomic mass is 10.2. The smallest absolute Gasteiger partial charge is 0.290 e. The Balaban J connectivity index is 1.72. The predicted octanol–water partition coefficient (Wildman–Crippen LogP) is 1.98. The lowest BCUT2D eigenvalue weighted by Crippen LogP contribution is -2.43. The fourth-order valence-electron chi connectivity index (χ4n) is 2.30. The maximum atomic E-state index is 12.3. The van der Waals surface area contributed by atoms with Crippen LogP contribution in [-0.4, -0.2) is 34.3 Å². The molecule has 1 aliphatic heterocycles. The average Bonchev–Trinajstić information content (AvgIpc) is 3.19. The van der Waals surface area contributed by atoms with Crippen molar-refractivity contribution in [3.05, 3.63) is 35.7 Å². The molecular weight excluding hydrogens is 278 g/mol. The number of aromatic nitrogens is 1. The second kappa shape index (κ2) is 5.46. The quantitative estimate of drug-likeness (QED) is 0.938. The van der Waals surface area contributed by atoms with Gasteiger partial charge in [-0.15, -0.1) is 11.3 Å². The molecule has 1 atom stereocenters. The summed E-state index contributed by atoms with van der Waals surface area (Å²) in [5.41, 5.74) is 0. The number of thiazole rings is 1. The summed E-state index contributed by atoms with van der Waals surface area (Å²) < 4.78 is 5.11. The second-order valence-corrected chi connectivity index (χ2v) is 5.35. The van der Waals surface area contributed by atoms with Gasteiger partial charge >= 0.3 is 0 Å². The van der Waals surface area contributed by atoms with Crippen molar-refractivity contribution in [1.29, 1.82) is 0 Å². The molecule has 1 saturated heterocycles. The Morgan fingerprint density at radius 1 is 1.50 bits per heavy atom. The molecule has 1 unspecified atom stereocenters. The minimum Gasteiger partial charge on any atom is -0.459 e. The summed E-state index contributed by atoms with van der Waals surface area (Å²) in [5, 5.41) is 5.07. The van der Waals surface area contributed by atoms with Crippen LogP contribution >= 0.6 is 11.3 Å². The fourth-order valence-corrected chi connectivity index (χ4v) is 2.83. The Bertz CT molecular complexity index is 594. The van der Waals surface area contributed by atoms with Gasteiger partial charge < -0.3 is 14.6 Å². The zero-order valence-corrected chi connectivity index (χ0v) is 11.4. The molecule has 0 saturated carbocycles. The second-order valence-electron chi connectivity index (χ2n) is 4.46. The van der Waals surface area contributed by atoms with Crippen LogP contribution in [0.2, 0.25) is 0 Å². The Hall–Kier alpha value is -2.15. The summed E-state index contributed by atoms with van der Waals surface area (Å²) in [5.74, 6) is -0.178. The molecule has 3 heterocycles. The molecule has 0 bridgehead atoms. The molecule has 0 radical (unpaired) electrons. The average molecular weight is 291 g/mol. The predicted molar refractivity (Wildman–Crippen MR) is 73.5 cm³/mol. The van der Waals surface area contributed by atoms with E-state index < -0.39 is 6.04 Å². The van der Waals surface area contributed by atoms with E-state index >= 15 is 0 Å². The number of nitrogens with one attached hydrogen (secondary N) is 1. The molecule has 2 aromatic heterocycles. The van der Waals surface area contributed by atoms with Gasteiger partial charge in [-0.25, -0.2) is 4.98 Å². The Morgan fingerprint density at radius 3 is 3.10 bits per heavy atom. The first-order chi connectivity index (χ1) is 9.75. The van der Waals surface area contributed by atoms with E-state index in [-0.39, 0.29) is 17.6 Å². The van der Waals surface area contributed by atoms with Crippen LogP contribution in [0.15, 0.2) is 34.4 Å². The minimum absolute atomic E-state index is 0.197. The van der Waals surface area contributed by atoms with Crippen molar-refractivity contribution < 1.29 is 14.0 Å². The zero-order valence-electron chi connectivity index (χ0n) is 10.6. The molecule has 1 aliphatic rings. The van der Waals surface area contributed by atoms with E-state index in [1.807, 2.05) is 0 Å². The molecule has 2 aromatic rings. The number of furan rings is 1.